The predicted octanol–water partition coefficient (Wildman–Crippen LogP) is 5.70. The number of hydrogen-bond acceptors (Lipinski definition) is 5. The second-order valence-corrected chi connectivity index (χ2v) is 9.99. The van der Waals surface area contributed by atoms with Crippen molar-refractivity contribution in [2.75, 3.05) is 4.72 Å². The average molecular weight is 473 g/mol. The highest BCUT2D eigenvalue weighted by Gasteiger charge is 2.15. The number of anilines is 1. The van der Waals surface area contributed by atoms with E-state index in [0.717, 1.165) is 23.0 Å². The zero-order chi connectivity index (χ0) is 22.7. The molecule has 0 amide bonds. The number of sulfonamides is 1. The maximum atomic E-state index is 12.5. The first-order chi connectivity index (χ1) is 16.1. The standard InChI is InChI=1S/C25H20N4O2S2/c30-33(31,28-25-26-14-15-32-25)22-12-10-21(11-13-22)27-16-20-18-29(17-19-6-2-1-3-7-19)24-9-5-4-8-23(20)24/h1-16,18H,17H2,(H,26,28). The largest absolute Gasteiger partial charge is 0.342 e. The fraction of sp³-hybridized carbons (Fsp3) is 0.0400. The summed E-state index contributed by atoms with van der Waals surface area (Å²) in [6, 6.07) is 25.0. The molecule has 8 heteroatoms. The summed E-state index contributed by atoms with van der Waals surface area (Å²) in [7, 11) is -3.68. The van der Waals surface area contributed by atoms with Crippen molar-refractivity contribution in [3.8, 4) is 0 Å². The molecule has 0 atom stereocenters. The molecule has 1 N–H and O–H groups in total. The first kappa shape index (κ1) is 21.1. The summed E-state index contributed by atoms with van der Waals surface area (Å²) in [5.74, 6) is 0. The van der Waals surface area contributed by atoms with E-state index in [1.165, 1.54) is 16.9 Å². The SMILES string of the molecule is O=S(=O)(Nc1nccs1)c1ccc(N=Cc2cn(Cc3ccccc3)c3ccccc23)cc1. The molecule has 0 unspecified atom stereocenters. The number of nitrogens with zero attached hydrogens (tertiary/aromatic N) is 3. The Hall–Kier alpha value is -3.75. The smallest absolute Gasteiger partial charge is 0.263 e. The van der Waals surface area contributed by atoms with E-state index in [9.17, 15) is 8.42 Å². The van der Waals surface area contributed by atoms with E-state index in [2.05, 4.69) is 49.7 Å². The van der Waals surface area contributed by atoms with Crippen LogP contribution in [-0.2, 0) is 16.6 Å². The van der Waals surface area contributed by atoms with Crippen LogP contribution in [0.2, 0.25) is 0 Å². The van der Waals surface area contributed by atoms with Crippen LogP contribution in [-0.4, -0.2) is 24.2 Å². The number of nitrogens with one attached hydrogen (secondary N) is 1. The lowest BCUT2D eigenvalue weighted by Gasteiger charge is -2.05. The third-order valence-electron chi connectivity index (χ3n) is 5.17. The van der Waals surface area contributed by atoms with Crippen molar-refractivity contribution in [3.05, 3.63) is 108 Å². The number of para-hydroxylation sites is 1. The van der Waals surface area contributed by atoms with Gasteiger partial charge < -0.3 is 4.57 Å². The summed E-state index contributed by atoms with van der Waals surface area (Å²) in [6.45, 7) is 0.772. The van der Waals surface area contributed by atoms with Gasteiger partial charge in [-0.2, -0.15) is 0 Å². The van der Waals surface area contributed by atoms with Gasteiger partial charge in [0.2, 0.25) is 0 Å². The van der Waals surface area contributed by atoms with E-state index in [1.807, 2.05) is 36.5 Å². The van der Waals surface area contributed by atoms with Gasteiger partial charge in [-0.15, -0.1) is 11.3 Å². The molecule has 0 radical (unpaired) electrons. The minimum atomic E-state index is -3.68. The van der Waals surface area contributed by atoms with Crippen LogP contribution >= 0.6 is 11.3 Å². The van der Waals surface area contributed by atoms with Crippen LogP contribution in [0.15, 0.2) is 107 Å². The molecule has 33 heavy (non-hydrogen) atoms. The van der Waals surface area contributed by atoms with Gasteiger partial charge in [0.25, 0.3) is 10.0 Å². The Morgan fingerprint density at radius 3 is 2.48 bits per heavy atom. The minimum Gasteiger partial charge on any atom is -0.342 e. The van der Waals surface area contributed by atoms with Gasteiger partial charge in [0.1, 0.15) is 0 Å². The van der Waals surface area contributed by atoms with E-state index in [0.29, 0.717) is 10.8 Å². The summed E-state index contributed by atoms with van der Waals surface area (Å²) in [5, 5.41) is 3.17. The first-order valence-corrected chi connectivity index (χ1v) is 12.6. The molecule has 2 aromatic heterocycles. The van der Waals surface area contributed by atoms with Gasteiger partial charge in [-0.25, -0.2) is 13.4 Å². The van der Waals surface area contributed by atoms with E-state index in [4.69, 9.17) is 0 Å². The Morgan fingerprint density at radius 1 is 0.970 bits per heavy atom. The normalized spacial score (nSPS) is 11.9. The van der Waals surface area contributed by atoms with Crippen molar-refractivity contribution >= 4 is 49.3 Å². The molecule has 0 saturated heterocycles. The quantitative estimate of drug-likeness (QED) is 0.309. The highest BCUT2D eigenvalue weighted by molar-refractivity contribution is 7.93. The van der Waals surface area contributed by atoms with E-state index in [-0.39, 0.29) is 4.90 Å². The monoisotopic (exact) mass is 472 g/mol. The van der Waals surface area contributed by atoms with Gasteiger partial charge in [0.05, 0.1) is 10.6 Å². The lowest BCUT2D eigenvalue weighted by molar-refractivity contribution is 0.601. The van der Waals surface area contributed by atoms with Crippen LogP contribution in [0.4, 0.5) is 10.8 Å². The van der Waals surface area contributed by atoms with Crippen molar-refractivity contribution in [1.82, 2.24) is 9.55 Å². The van der Waals surface area contributed by atoms with Crippen LogP contribution < -0.4 is 4.72 Å². The van der Waals surface area contributed by atoms with Crippen molar-refractivity contribution in [3.63, 3.8) is 0 Å². The molecule has 164 valence electrons. The summed E-state index contributed by atoms with van der Waals surface area (Å²) < 4.78 is 29.7. The van der Waals surface area contributed by atoms with Crippen molar-refractivity contribution in [2.45, 2.75) is 11.4 Å². The fourth-order valence-corrected chi connectivity index (χ4v) is 5.38. The third kappa shape index (κ3) is 4.72. The zero-order valence-electron chi connectivity index (χ0n) is 17.5. The molecule has 5 rings (SSSR count). The number of aromatic nitrogens is 2. The Kier molecular flexibility index (Phi) is 5.77. The molecule has 0 aliphatic carbocycles. The topological polar surface area (TPSA) is 76.3 Å². The molecule has 0 fully saturated rings. The van der Waals surface area contributed by atoms with E-state index in [1.54, 1.807) is 35.8 Å². The molecule has 0 bridgehead atoms. The average Bonchev–Trinajstić information content (AvgIpc) is 3.46. The molecule has 0 spiro atoms. The van der Waals surface area contributed by atoms with Crippen LogP contribution in [0, 0.1) is 0 Å². The zero-order valence-corrected chi connectivity index (χ0v) is 19.1. The van der Waals surface area contributed by atoms with Crippen LogP contribution in [0.3, 0.4) is 0 Å². The molecule has 0 saturated carbocycles. The summed E-state index contributed by atoms with van der Waals surface area (Å²) in [5.41, 5.74) is 4.04. The third-order valence-corrected chi connectivity index (χ3v) is 7.34. The van der Waals surface area contributed by atoms with E-state index >= 15 is 0 Å². The molecular weight excluding hydrogens is 452 g/mol. The highest BCUT2D eigenvalue weighted by Crippen LogP contribution is 2.24. The maximum Gasteiger partial charge on any atom is 0.263 e. The van der Waals surface area contributed by atoms with Gasteiger partial charge in [-0.3, -0.25) is 9.71 Å². The van der Waals surface area contributed by atoms with Crippen molar-refractivity contribution in [2.24, 2.45) is 4.99 Å². The van der Waals surface area contributed by atoms with Gasteiger partial charge >= 0.3 is 0 Å². The van der Waals surface area contributed by atoms with Gasteiger partial charge in [-0.05, 0) is 35.9 Å². The number of thiazole rings is 1. The summed E-state index contributed by atoms with van der Waals surface area (Å²) in [6.07, 6.45) is 5.47. The van der Waals surface area contributed by atoms with E-state index < -0.39 is 10.0 Å². The summed E-state index contributed by atoms with van der Waals surface area (Å²) >= 11 is 1.23. The Labute approximate surface area is 195 Å². The molecule has 2 heterocycles. The molecule has 0 aliphatic heterocycles. The second-order valence-electron chi connectivity index (χ2n) is 7.41. The van der Waals surface area contributed by atoms with Crippen molar-refractivity contribution in [1.29, 1.82) is 0 Å². The number of benzene rings is 3. The fourth-order valence-electron chi connectivity index (χ4n) is 3.59. The Balaban J connectivity index is 1.38. The second kappa shape index (κ2) is 9.01. The Bertz CT molecular complexity index is 1510. The molecule has 3 aromatic carbocycles. The lowest BCUT2D eigenvalue weighted by atomic mass is 10.2. The van der Waals surface area contributed by atoms with Crippen LogP contribution in [0.25, 0.3) is 10.9 Å². The number of hydrogen-bond donors (Lipinski definition) is 1. The predicted molar refractivity (Wildman–Crippen MR) is 134 cm³/mol. The first-order valence-electron chi connectivity index (χ1n) is 10.3. The lowest BCUT2D eigenvalue weighted by Crippen LogP contribution is -2.12. The van der Waals surface area contributed by atoms with Crippen molar-refractivity contribution < 1.29 is 8.42 Å². The van der Waals surface area contributed by atoms with Crippen LogP contribution in [0.5, 0.6) is 0 Å². The van der Waals surface area contributed by atoms with Crippen LogP contribution in [0.1, 0.15) is 11.1 Å². The number of rotatable bonds is 7. The Morgan fingerprint density at radius 2 is 1.73 bits per heavy atom. The minimum absolute atomic E-state index is 0.163. The number of aliphatic imine (C=N–C) groups is 1. The van der Waals surface area contributed by atoms with Gasteiger partial charge in [-0.1, -0.05) is 48.5 Å². The van der Waals surface area contributed by atoms with Gasteiger partial charge in [0.15, 0.2) is 5.13 Å². The highest BCUT2D eigenvalue weighted by atomic mass is 32.2. The molecule has 5 aromatic rings. The summed E-state index contributed by atoms with van der Waals surface area (Å²) in [4.78, 5) is 8.71. The molecular formula is C25H20N4O2S2. The van der Waals surface area contributed by atoms with Gasteiger partial charge in [0, 0.05) is 47.0 Å². The molecule has 0 aliphatic rings. The number of fused-ring (bicyclic) bond motifs is 1. The maximum absolute atomic E-state index is 12.5. The molecule has 6 nitrogen and oxygen atoms in total.